The molecule has 0 saturated heterocycles. The number of fused-ring (bicyclic) bond motifs is 1. The maximum Gasteiger partial charge on any atom is 0.0961 e. The van der Waals surface area contributed by atoms with Gasteiger partial charge in [-0.15, -0.1) is 0 Å². The van der Waals surface area contributed by atoms with Gasteiger partial charge in [0.05, 0.1) is 12.5 Å². The van der Waals surface area contributed by atoms with Crippen molar-refractivity contribution in [1.29, 1.82) is 0 Å². The van der Waals surface area contributed by atoms with Crippen molar-refractivity contribution < 1.29 is 0 Å². The van der Waals surface area contributed by atoms with Crippen molar-refractivity contribution in [2.75, 3.05) is 0 Å². The Bertz CT molecular complexity index is 229. The normalized spacial score (nSPS) is 24.3. The minimum atomic E-state index is 0.172. The molecule has 10 heavy (non-hydrogen) atoms. The predicted octanol–water partition coefficient (Wildman–Crippen LogP) is 0.677. The van der Waals surface area contributed by atoms with Crippen molar-refractivity contribution in [3.63, 3.8) is 0 Å². The van der Waals surface area contributed by atoms with Crippen LogP contribution in [0.15, 0.2) is 12.5 Å². The van der Waals surface area contributed by atoms with Crippen molar-refractivity contribution in [2.45, 2.75) is 25.4 Å². The van der Waals surface area contributed by atoms with E-state index in [9.17, 15) is 0 Å². The first-order valence-corrected chi connectivity index (χ1v) is 3.64. The lowest BCUT2D eigenvalue weighted by Crippen LogP contribution is -2.23. The molecule has 2 N–H and O–H groups in total. The van der Waals surface area contributed by atoms with Crippen LogP contribution in [-0.2, 0) is 6.42 Å². The van der Waals surface area contributed by atoms with Crippen LogP contribution in [0.1, 0.15) is 24.7 Å². The summed E-state index contributed by atoms with van der Waals surface area (Å²) in [6.45, 7) is 0. The highest BCUT2D eigenvalue weighted by Crippen LogP contribution is 2.19. The van der Waals surface area contributed by atoms with Crippen molar-refractivity contribution in [3.8, 4) is 0 Å². The van der Waals surface area contributed by atoms with E-state index >= 15 is 0 Å². The molecule has 1 aromatic heterocycles. The van der Waals surface area contributed by atoms with Gasteiger partial charge >= 0.3 is 0 Å². The van der Waals surface area contributed by atoms with Crippen LogP contribution in [0.3, 0.4) is 0 Å². The number of nitrogens with zero attached hydrogens (tertiary/aromatic N) is 2. The highest BCUT2D eigenvalue weighted by atomic mass is 15.1. The molecule has 3 nitrogen and oxygen atoms in total. The first-order valence-electron chi connectivity index (χ1n) is 3.64. The van der Waals surface area contributed by atoms with E-state index < -0.39 is 0 Å². The Balaban J connectivity index is 2.41. The maximum atomic E-state index is 5.81. The second kappa shape index (κ2) is 2.09. The highest BCUT2D eigenvalue weighted by Gasteiger charge is 2.14. The fourth-order valence-corrected chi connectivity index (χ4v) is 1.46. The quantitative estimate of drug-likeness (QED) is 0.571. The zero-order chi connectivity index (χ0) is 6.97. The van der Waals surface area contributed by atoms with Crippen LogP contribution in [-0.4, -0.2) is 9.55 Å². The SMILES string of the molecule is NC1CCCc2cncn21. The second-order valence-corrected chi connectivity index (χ2v) is 2.75. The average Bonchev–Trinajstić information content (AvgIpc) is 2.36. The Morgan fingerprint density at radius 1 is 1.70 bits per heavy atom. The van der Waals surface area contributed by atoms with E-state index in [1.807, 2.05) is 12.5 Å². The maximum absolute atomic E-state index is 5.81. The summed E-state index contributed by atoms with van der Waals surface area (Å²) in [5, 5.41) is 0. The molecule has 0 radical (unpaired) electrons. The third kappa shape index (κ3) is 0.743. The fourth-order valence-electron chi connectivity index (χ4n) is 1.46. The number of aryl methyl sites for hydroxylation is 1. The monoisotopic (exact) mass is 137 g/mol. The number of hydrogen-bond donors (Lipinski definition) is 1. The lowest BCUT2D eigenvalue weighted by atomic mass is 10.1. The van der Waals surface area contributed by atoms with Crippen molar-refractivity contribution in [1.82, 2.24) is 9.55 Å². The van der Waals surface area contributed by atoms with Gasteiger partial charge in [-0.1, -0.05) is 0 Å². The molecule has 0 bridgehead atoms. The van der Waals surface area contributed by atoms with E-state index in [1.54, 1.807) is 0 Å². The number of hydrogen-bond acceptors (Lipinski definition) is 2. The largest absolute Gasteiger partial charge is 0.319 e. The molecule has 0 amide bonds. The zero-order valence-electron chi connectivity index (χ0n) is 5.83. The summed E-state index contributed by atoms with van der Waals surface area (Å²) in [6, 6.07) is 0. The smallest absolute Gasteiger partial charge is 0.0961 e. The first-order chi connectivity index (χ1) is 4.88. The van der Waals surface area contributed by atoms with Crippen LogP contribution >= 0.6 is 0 Å². The van der Waals surface area contributed by atoms with Gasteiger partial charge in [0.1, 0.15) is 0 Å². The molecule has 2 rings (SSSR count). The van der Waals surface area contributed by atoms with Gasteiger partial charge in [-0.25, -0.2) is 4.98 Å². The van der Waals surface area contributed by atoms with Crippen molar-refractivity contribution >= 4 is 0 Å². The fraction of sp³-hybridized carbons (Fsp3) is 0.571. The Morgan fingerprint density at radius 3 is 3.40 bits per heavy atom. The van der Waals surface area contributed by atoms with Crippen LogP contribution < -0.4 is 5.73 Å². The molecule has 0 aliphatic carbocycles. The van der Waals surface area contributed by atoms with Gasteiger partial charge in [0.25, 0.3) is 0 Å². The summed E-state index contributed by atoms with van der Waals surface area (Å²) in [5.41, 5.74) is 7.09. The van der Waals surface area contributed by atoms with Crippen LogP contribution in [0, 0.1) is 0 Å². The molecule has 1 unspecified atom stereocenters. The zero-order valence-corrected chi connectivity index (χ0v) is 5.83. The Kier molecular flexibility index (Phi) is 1.24. The summed E-state index contributed by atoms with van der Waals surface area (Å²) >= 11 is 0. The Hall–Kier alpha value is -0.830. The van der Waals surface area contributed by atoms with E-state index in [2.05, 4.69) is 9.55 Å². The molecule has 1 aliphatic rings. The van der Waals surface area contributed by atoms with Gasteiger partial charge in [0.2, 0.25) is 0 Å². The van der Waals surface area contributed by atoms with Crippen LogP contribution in [0.25, 0.3) is 0 Å². The van der Waals surface area contributed by atoms with Gasteiger partial charge in [0.15, 0.2) is 0 Å². The van der Waals surface area contributed by atoms with Gasteiger partial charge in [-0.05, 0) is 19.3 Å². The van der Waals surface area contributed by atoms with Crippen molar-refractivity contribution in [2.24, 2.45) is 5.73 Å². The van der Waals surface area contributed by atoms with E-state index in [1.165, 1.54) is 12.1 Å². The minimum Gasteiger partial charge on any atom is -0.319 e. The van der Waals surface area contributed by atoms with Gasteiger partial charge in [0, 0.05) is 11.9 Å². The average molecular weight is 137 g/mol. The molecule has 1 atom stereocenters. The molecule has 0 spiro atoms. The van der Waals surface area contributed by atoms with Crippen LogP contribution in [0.2, 0.25) is 0 Å². The molecule has 0 aromatic carbocycles. The topological polar surface area (TPSA) is 43.8 Å². The van der Waals surface area contributed by atoms with E-state index in [4.69, 9.17) is 5.73 Å². The third-order valence-corrected chi connectivity index (χ3v) is 2.04. The number of aromatic nitrogens is 2. The predicted molar refractivity (Wildman–Crippen MR) is 38.4 cm³/mol. The van der Waals surface area contributed by atoms with E-state index in [-0.39, 0.29) is 6.17 Å². The summed E-state index contributed by atoms with van der Waals surface area (Å²) < 4.78 is 2.06. The Morgan fingerprint density at radius 2 is 2.60 bits per heavy atom. The molecular weight excluding hydrogens is 126 g/mol. The molecular formula is C7H11N3. The summed E-state index contributed by atoms with van der Waals surface area (Å²) in [6.07, 6.45) is 7.31. The number of imidazole rings is 1. The molecule has 54 valence electrons. The van der Waals surface area contributed by atoms with Crippen molar-refractivity contribution in [3.05, 3.63) is 18.2 Å². The summed E-state index contributed by atoms with van der Waals surface area (Å²) in [5.74, 6) is 0. The lowest BCUT2D eigenvalue weighted by molar-refractivity contribution is 0.414. The van der Waals surface area contributed by atoms with Crippen LogP contribution in [0.5, 0.6) is 0 Å². The van der Waals surface area contributed by atoms with Gasteiger partial charge in [-0.3, -0.25) is 0 Å². The van der Waals surface area contributed by atoms with Gasteiger partial charge in [-0.2, -0.15) is 0 Å². The molecule has 0 saturated carbocycles. The minimum absolute atomic E-state index is 0.172. The van der Waals surface area contributed by atoms with Gasteiger partial charge < -0.3 is 10.3 Å². The number of rotatable bonds is 0. The van der Waals surface area contributed by atoms with E-state index in [0.29, 0.717) is 0 Å². The molecule has 3 heteroatoms. The molecule has 1 aromatic rings. The molecule has 1 aliphatic heterocycles. The third-order valence-electron chi connectivity index (χ3n) is 2.04. The standard InChI is InChI=1S/C7H11N3/c8-7-3-1-2-6-4-9-5-10(6)7/h4-5,7H,1-3,8H2. The van der Waals surface area contributed by atoms with E-state index in [0.717, 1.165) is 12.8 Å². The lowest BCUT2D eigenvalue weighted by Gasteiger charge is -2.20. The highest BCUT2D eigenvalue weighted by molar-refractivity contribution is 5.02. The summed E-state index contributed by atoms with van der Waals surface area (Å²) in [4.78, 5) is 4.04. The summed E-state index contributed by atoms with van der Waals surface area (Å²) in [7, 11) is 0. The number of nitrogens with two attached hydrogens (primary N) is 1. The van der Waals surface area contributed by atoms with Crippen LogP contribution in [0.4, 0.5) is 0 Å². The Labute approximate surface area is 59.9 Å². The first kappa shape index (κ1) is 5.92. The second-order valence-electron chi connectivity index (χ2n) is 2.75. The molecule has 0 fully saturated rings. The molecule has 2 heterocycles.